The van der Waals surface area contributed by atoms with Crippen molar-refractivity contribution >= 4 is 36.2 Å². The molecule has 0 amide bonds. The van der Waals surface area contributed by atoms with Crippen molar-refractivity contribution in [1.29, 1.82) is 0 Å². The molecule has 0 aliphatic carbocycles. The first kappa shape index (κ1) is 17.7. The van der Waals surface area contributed by atoms with Crippen molar-refractivity contribution in [3.05, 3.63) is 23.8 Å². The molecule has 0 aromatic heterocycles. The van der Waals surface area contributed by atoms with Gasteiger partial charge < -0.3 is 21.3 Å². The highest BCUT2D eigenvalue weighted by molar-refractivity contribution is 5.85. The third-order valence-electron chi connectivity index (χ3n) is 2.08. The van der Waals surface area contributed by atoms with Crippen LogP contribution in [0.5, 0.6) is 0 Å². The van der Waals surface area contributed by atoms with Crippen LogP contribution in [-0.2, 0) is 0 Å². The number of aliphatic hydroxyl groups excluding tert-OH is 2. The lowest BCUT2D eigenvalue weighted by molar-refractivity contribution is 0.204. The maximum atomic E-state index is 8.86. The smallest absolute Gasteiger partial charge is 0.0723 e. The van der Waals surface area contributed by atoms with Gasteiger partial charge >= 0.3 is 0 Å². The van der Waals surface area contributed by atoms with E-state index in [4.69, 9.17) is 15.9 Å². The summed E-state index contributed by atoms with van der Waals surface area (Å²) in [6.45, 7) is 1.72. The van der Waals surface area contributed by atoms with E-state index in [0.29, 0.717) is 0 Å². The molecule has 6 heteroatoms. The van der Waals surface area contributed by atoms with E-state index < -0.39 is 0 Å². The first-order valence-corrected chi connectivity index (χ1v) is 4.51. The normalized spacial score (nSPS) is 9.25. The van der Waals surface area contributed by atoms with E-state index in [1.54, 1.807) is 6.07 Å². The van der Waals surface area contributed by atoms with Gasteiger partial charge in [-0.1, -0.05) is 0 Å². The summed E-state index contributed by atoms with van der Waals surface area (Å²) >= 11 is 0. The molecule has 0 aliphatic heterocycles. The Labute approximate surface area is 108 Å². The predicted molar refractivity (Wildman–Crippen MR) is 71.7 cm³/mol. The molecule has 0 unspecified atom stereocenters. The van der Waals surface area contributed by atoms with Crippen molar-refractivity contribution in [3.8, 4) is 0 Å². The van der Waals surface area contributed by atoms with Crippen LogP contribution >= 0.6 is 24.8 Å². The second-order valence-electron chi connectivity index (χ2n) is 3.28. The van der Waals surface area contributed by atoms with Gasteiger partial charge in [-0.2, -0.15) is 0 Å². The van der Waals surface area contributed by atoms with Crippen LogP contribution in [-0.4, -0.2) is 29.5 Å². The van der Waals surface area contributed by atoms with Gasteiger partial charge in [-0.15, -0.1) is 24.8 Å². The van der Waals surface area contributed by atoms with Crippen LogP contribution in [0.3, 0.4) is 0 Å². The molecule has 0 radical (unpaired) electrons. The largest absolute Gasteiger partial charge is 0.399 e. The van der Waals surface area contributed by atoms with Gasteiger partial charge in [-0.3, -0.25) is 0 Å². The van der Waals surface area contributed by atoms with Crippen molar-refractivity contribution in [3.63, 3.8) is 0 Å². The minimum atomic E-state index is -0.321. The molecule has 0 spiro atoms. The highest BCUT2D eigenvalue weighted by Crippen LogP contribution is 2.17. The Morgan fingerprint density at radius 2 is 1.81 bits per heavy atom. The number of nitrogens with one attached hydrogen (secondary N) is 1. The molecule has 4 nitrogen and oxygen atoms in total. The molecule has 94 valence electrons. The van der Waals surface area contributed by atoms with E-state index >= 15 is 0 Å². The van der Waals surface area contributed by atoms with E-state index in [9.17, 15) is 0 Å². The number of halogens is 2. The van der Waals surface area contributed by atoms with Crippen molar-refractivity contribution in [2.75, 3.05) is 24.3 Å². The molecule has 16 heavy (non-hydrogen) atoms. The summed E-state index contributed by atoms with van der Waals surface area (Å²) in [4.78, 5) is 0. The predicted octanol–water partition coefficient (Wildman–Crippen LogP) is 1.19. The number of anilines is 2. The summed E-state index contributed by atoms with van der Waals surface area (Å²) in [5, 5.41) is 20.7. The maximum Gasteiger partial charge on any atom is 0.0723 e. The molecule has 1 aromatic rings. The number of hydrogen-bond donors (Lipinski definition) is 4. The van der Waals surface area contributed by atoms with Crippen LogP contribution in [0.1, 0.15) is 5.56 Å². The van der Waals surface area contributed by atoms with E-state index in [2.05, 4.69) is 5.32 Å². The van der Waals surface area contributed by atoms with Gasteiger partial charge in [0.2, 0.25) is 0 Å². The Kier molecular flexibility index (Phi) is 9.37. The molecule has 0 aliphatic rings. The third kappa shape index (κ3) is 4.90. The number of benzene rings is 1. The van der Waals surface area contributed by atoms with Crippen molar-refractivity contribution in [1.82, 2.24) is 0 Å². The van der Waals surface area contributed by atoms with E-state index in [0.717, 1.165) is 16.9 Å². The Bertz CT molecular complexity index is 307. The van der Waals surface area contributed by atoms with Gasteiger partial charge in [0.1, 0.15) is 0 Å². The number of aliphatic hydroxyl groups is 2. The molecular formula is C10H18Cl2N2O2. The molecule has 0 heterocycles. The molecule has 0 fully saturated rings. The van der Waals surface area contributed by atoms with Gasteiger partial charge in [-0.25, -0.2) is 0 Å². The summed E-state index contributed by atoms with van der Waals surface area (Å²) in [7, 11) is 0. The topological polar surface area (TPSA) is 78.5 Å². The Morgan fingerprint density at radius 3 is 2.25 bits per heavy atom. The fraction of sp³-hybridized carbons (Fsp3) is 0.400. The minimum Gasteiger partial charge on any atom is -0.399 e. The first-order valence-electron chi connectivity index (χ1n) is 4.51. The fourth-order valence-electron chi connectivity index (χ4n) is 1.15. The molecular weight excluding hydrogens is 251 g/mol. The summed E-state index contributed by atoms with van der Waals surface area (Å²) < 4.78 is 0. The summed E-state index contributed by atoms with van der Waals surface area (Å²) in [5.41, 5.74) is 8.22. The summed E-state index contributed by atoms with van der Waals surface area (Å²) in [6.07, 6.45) is 0. The summed E-state index contributed by atoms with van der Waals surface area (Å²) in [6, 6.07) is 5.18. The number of nitrogens with two attached hydrogens (primary N) is 1. The van der Waals surface area contributed by atoms with Crippen molar-refractivity contribution in [2.24, 2.45) is 0 Å². The van der Waals surface area contributed by atoms with Gasteiger partial charge in [0, 0.05) is 11.4 Å². The molecule has 1 rings (SSSR count). The quantitative estimate of drug-likeness (QED) is 0.619. The zero-order chi connectivity index (χ0) is 10.6. The highest BCUT2D eigenvalue weighted by Gasteiger charge is 2.05. The van der Waals surface area contributed by atoms with E-state index in [1.807, 2.05) is 19.1 Å². The molecule has 0 saturated carbocycles. The van der Waals surface area contributed by atoms with Crippen LogP contribution in [0.15, 0.2) is 18.2 Å². The standard InChI is InChI=1S/C10H16N2O2.2ClH/c1-7-4-8(2-3-10(7)11)12-9(5-13)6-14;;/h2-4,9,12-14H,5-6,11H2,1H3;2*1H. The zero-order valence-electron chi connectivity index (χ0n) is 9.01. The van der Waals surface area contributed by atoms with E-state index in [-0.39, 0.29) is 44.1 Å². The monoisotopic (exact) mass is 268 g/mol. The van der Waals surface area contributed by atoms with Gasteiger partial charge in [0.15, 0.2) is 0 Å². The number of aryl methyl sites for hydroxylation is 1. The SMILES string of the molecule is Cc1cc(NC(CO)CO)ccc1N.Cl.Cl. The average Bonchev–Trinajstić information content (AvgIpc) is 2.19. The van der Waals surface area contributed by atoms with E-state index in [1.165, 1.54) is 0 Å². The average molecular weight is 269 g/mol. The highest BCUT2D eigenvalue weighted by atomic mass is 35.5. The number of rotatable bonds is 4. The lowest BCUT2D eigenvalue weighted by atomic mass is 10.1. The first-order chi connectivity index (χ1) is 6.67. The Hall–Kier alpha value is -0.680. The second kappa shape index (κ2) is 8.47. The Morgan fingerprint density at radius 1 is 1.25 bits per heavy atom. The number of hydrogen-bond acceptors (Lipinski definition) is 4. The second-order valence-corrected chi connectivity index (χ2v) is 3.28. The van der Waals surface area contributed by atoms with Crippen LogP contribution in [0, 0.1) is 6.92 Å². The Balaban J connectivity index is 0. The maximum absolute atomic E-state index is 8.86. The molecule has 0 saturated heterocycles. The lowest BCUT2D eigenvalue weighted by Gasteiger charge is -2.15. The van der Waals surface area contributed by atoms with Gasteiger partial charge in [0.25, 0.3) is 0 Å². The fourth-order valence-corrected chi connectivity index (χ4v) is 1.15. The molecule has 1 aromatic carbocycles. The van der Waals surface area contributed by atoms with Gasteiger partial charge in [0.05, 0.1) is 19.3 Å². The number of nitrogen functional groups attached to an aromatic ring is 1. The molecule has 0 atom stereocenters. The van der Waals surface area contributed by atoms with Crippen LogP contribution in [0.25, 0.3) is 0 Å². The van der Waals surface area contributed by atoms with Crippen LogP contribution < -0.4 is 11.1 Å². The summed E-state index contributed by atoms with van der Waals surface area (Å²) in [5.74, 6) is 0. The van der Waals surface area contributed by atoms with Crippen LogP contribution in [0.2, 0.25) is 0 Å². The van der Waals surface area contributed by atoms with Crippen molar-refractivity contribution < 1.29 is 10.2 Å². The third-order valence-corrected chi connectivity index (χ3v) is 2.08. The van der Waals surface area contributed by atoms with Gasteiger partial charge in [-0.05, 0) is 30.7 Å². The molecule has 0 bridgehead atoms. The lowest BCUT2D eigenvalue weighted by Crippen LogP contribution is -2.27. The molecule has 5 N–H and O–H groups in total. The minimum absolute atomic E-state index is 0. The zero-order valence-corrected chi connectivity index (χ0v) is 10.6. The van der Waals surface area contributed by atoms with Crippen LogP contribution in [0.4, 0.5) is 11.4 Å². The van der Waals surface area contributed by atoms with Crippen molar-refractivity contribution in [2.45, 2.75) is 13.0 Å².